The van der Waals surface area contributed by atoms with Gasteiger partial charge in [0.05, 0.1) is 18.3 Å². The smallest absolute Gasteiger partial charge is 0.192 e. The largest absolute Gasteiger partial charge is 0.414 e. The van der Waals surface area contributed by atoms with Crippen LogP contribution in [0, 0.1) is 22.7 Å². The molecule has 0 heterocycles. The molecule has 4 aliphatic carbocycles. The van der Waals surface area contributed by atoms with E-state index in [1.807, 2.05) is 6.92 Å². The summed E-state index contributed by atoms with van der Waals surface area (Å²) in [5, 5.41) is 11.0. The summed E-state index contributed by atoms with van der Waals surface area (Å²) in [5.41, 5.74) is 4.51. The average Bonchev–Trinajstić information content (AvgIpc) is 3.10. The number of aliphatic hydroxyl groups excluding tert-OH is 1. The summed E-state index contributed by atoms with van der Waals surface area (Å²) < 4.78 is 14.6. The zero-order valence-corrected chi connectivity index (χ0v) is 28.9. The van der Waals surface area contributed by atoms with Crippen molar-refractivity contribution in [3.8, 4) is 0 Å². The van der Waals surface area contributed by atoms with E-state index in [0.717, 1.165) is 25.7 Å². The Morgan fingerprint density at radius 3 is 2.05 bits per heavy atom. The van der Waals surface area contributed by atoms with Crippen LogP contribution in [0.4, 0.5) is 0 Å². The summed E-state index contributed by atoms with van der Waals surface area (Å²) in [5.74, 6) is 1.00. The number of hydrogen-bond acceptors (Lipinski definition) is 3. The van der Waals surface area contributed by atoms with Crippen LogP contribution in [0.3, 0.4) is 0 Å². The zero-order chi connectivity index (χ0) is 28.7. The molecule has 0 spiro atoms. The molecule has 0 radical (unpaired) electrons. The Hall–Kier alpha value is -0.466. The van der Waals surface area contributed by atoms with E-state index in [1.54, 1.807) is 11.1 Å². The maximum Gasteiger partial charge on any atom is 0.192 e. The van der Waals surface area contributed by atoms with Gasteiger partial charge in [-0.05, 0) is 98.1 Å². The van der Waals surface area contributed by atoms with Crippen molar-refractivity contribution in [1.29, 1.82) is 0 Å². The van der Waals surface area contributed by atoms with Crippen molar-refractivity contribution >= 4 is 16.6 Å². The molecule has 4 aliphatic rings. The molecule has 2 fully saturated rings. The maximum absolute atomic E-state index is 10.6. The lowest BCUT2D eigenvalue weighted by molar-refractivity contribution is -0.0394. The van der Waals surface area contributed by atoms with Crippen LogP contribution in [0.1, 0.15) is 94.4 Å². The minimum absolute atomic E-state index is 0.00179. The number of hydrogen-bond donors (Lipinski definition) is 1. The summed E-state index contributed by atoms with van der Waals surface area (Å²) in [6, 6.07) is 0. The molecule has 0 amide bonds. The molecule has 0 aromatic carbocycles. The van der Waals surface area contributed by atoms with Crippen LogP contribution in [-0.4, -0.2) is 40.1 Å². The Labute approximate surface area is 236 Å². The summed E-state index contributed by atoms with van der Waals surface area (Å²) in [6.07, 6.45) is 12.8. The quantitative estimate of drug-likeness (QED) is 0.270. The molecule has 7 atom stereocenters. The molecular weight excluding hydrogens is 501 g/mol. The predicted octanol–water partition coefficient (Wildman–Crippen LogP) is 9.18. The van der Waals surface area contributed by atoms with E-state index in [0.29, 0.717) is 11.8 Å². The molecule has 216 valence electrons. The highest BCUT2D eigenvalue weighted by Gasteiger charge is 2.59. The number of fused-ring (bicyclic) bond motifs is 5. The molecule has 38 heavy (non-hydrogen) atoms. The van der Waals surface area contributed by atoms with E-state index in [2.05, 4.69) is 99.8 Å². The second-order valence-corrected chi connectivity index (χ2v) is 26.1. The standard InChI is InChI=1S/C33H58O3Si2/c1-22(34)26-16-17-27-25-15-14-23-20-24(35-37(10,11)30(2,3)4)21-29(36-38(12,13)31(5,6)7)33(23,9)28(25)18-19-32(26,27)8/h14-16,22,24,27-29,34H,17-21H2,1-13H3/t22?,24?,27-,28-,29?,32+,33-/m0/s1. The van der Waals surface area contributed by atoms with Gasteiger partial charge in [0.2, 0.25) is 0 Å². The van der Waals surface area contributed by atoms with E-state index < -0.39 is 16.6 Å². The first-order chi connectivity index (χ1) is 17.1. The Bertz CT molecular complexity index is 1020. The average molecular weight is 559 g/mol. The highest BCUT2D eigenvalue weighted by Crippen LogP contribution is 2.65. The first-order valence-electron chi connectivity index (χ1n) is 15.3. The summed E-state index contributed by atoms with van der Waals surface area (Å²) >= 11 is 0. The van der Waals surface area contributed by atoms with Gasteiger partial charge in [0.25, 0.3) is 0 Å². The number of rotatable bonds is 5. The molecule has 0 saturated heterocycles. The van der Waals surface area contributed by atoms with Crippen LogP contribution in [0.25, 0.3) is 0 Å². The van der Waals surface area contributed by atoms with Crippen LogP contribution in [0.2, 0.25) is 36.3 Å². The van der Waals surface area contributed by atoms with Crippen molar-refractivity contribution in [2.45, 2.75) is 149 Å². The third-order valence-corrected chi connectivity index (χ3v) is 21.2. The van der Waals surface area contributed by atoms with E-state index in [4.69, 9.17) is 8.85 Å². The van der Waals surface area contributed by atoms with Gasteiger partial charge in [-0.15, -0.1) is 0 Å². The Balaban J connectivity index is 1.74. The molecule has 2 saturated carbocycles. The SMILES string of the molecule is CC(O)C1=CC[C@H]2C3=CC=C4CC(O[Si](C)(C)C(C)(C)C)CC(O[Si](C)(C)C(C)(C)C)[C@]4(C)[C@H]3CC[C@]12C. The normalized spacial score (nSPS) is 36.9. The third-order valence-electron chi connectivity index (χ3n) is 12.2. The highest BCUT2D eigenvalue weighted by atomic mass is 28.4. The molecule has 3 nitrogen and oxygen atoms in total. The minimum Gasteiger partial charge on any atom is -0.414 e. The van der Waals surface area contributed by atoms with Crippen LogP contribution in [0.5, 0.6) is 0 Å². The van der Waals surface area contributed by atoms with Crippen molar-refractivity contribution in [2.24, 2.45) is 22.7 Å². The maximum atomic E-state index is 10.6. The molecule has 0 aromatic rings. The van der Waals surface area contributed by atoms with E-state index in [9.17, 15) is 5.11 Å². The summed E-state index contributed by atoms with van der Waals surface area (Å²) in [7, 11) is -3.89. The molecule has 3 unspecified atom stereocenters. The Morgan fingerprint density at radius 2 is 1.50 bits per heavy atom. The molecule has 0 aromatic heterocycles. The van der Waals surface area contributed by atoms with Crippen LogP contribution >= 0.6 is 0 Å². The van der Waals surface area contributed by atoms with Crippen molar-refractivity contribution in [2.75, 3.05) is 0 Å². The van der Waals surface area contributed by atoms with E-state index in [1.165, 1.54) is 12.0 Å². The van der Waals surface area contributed by atoms with Crippen LogP contribution < -0.4 is 0 Å². The molecule has 0 bridgehead atoms. The van der Waals surface area contributed by atoms with Gasteiger partial charge < -0.3 is 14.0 Å². The van der Waals surface area contributed by atoms with Crippen LogP contribution in [-0.2, 0) is 8.85 Å². The van der Waals surface area contributed by atoms with Crippen molar-refractivity contribution in [1.82, 2.24) is 0 Å². The summed E-state index contributed by atoms with van der Waals surface area (Å²) in [4.78, 5) is 0. The Morgan fingerprint density at radius 1 is 0.921 bits per heavy atom. The molecular formula is C33H58O3Si2. The van der Waals surface area contributed by atoms with Crippen LogP contribution in [0.15, 0.2) is 34.9 Å². The second kappa shape index (κ2) is 9.54. The molecule has 1 N–H and O–H groups in total. The van der Waals surface area contributed by atoms with Gasteiger partial charge in [-0.25, -0.2) is 0 Å². The van der Waals surface area contributed by atoms with Crippen molar-refractivity contribution in [3.63, 3.8) is 0 Å². The summed E-state index contributed by atoms with van der Waals surface area (Å²) in [6.45, 7) is 30.7. The third kappa shape index (κ3) is 4.84. The monoisotopic (exact) mass is 558 g/mol. The highest BCUT2D eigenvalue weighted by molar-refractivity contribution is 6.74. The van der Waals surface area contributed by atoms with Gasteiger partial charge in [-0.1, -0.05) is 84.8 Å². The fraction of sp³-hybridized carbons (Fsp3) is 0.818. The second-order valence-electron chi connectivity index (χ2n) is 16.6. The lowest BCUT2D eigenvalue weighted by Gasteiger charge is -2.59. The van der Waals surface area contributed by atoms with Gasteiger partial charge in [0, 0.05) is 5.41 Å². The predicted molar refractivity (Wildman–Crippen MR) is 166 cm³/mol. The fourth-order valence-corrected chi connectivity index (χ4v) is 10.4. The Kier molecular flexibility index (Phi) is 7.66. The molecule has 5 heteroatoms. The first-order valence-corrected chi connectivity index (χ1v) is 21.1. The van der Waals surface area contributed by atoms with Crippen molar-refractivity contribution in [3.05, 3.63) is 34.9 Å². The lowest BCUT2D eigenvalue weighted by Crippen LogP contribution is -2.58. The van der Waals surface area contributed by atoms with Gasteiger partial charge in [-0.3, -0.25) is 0 Å². The molecule has 4 rings (SSSR count). The zero-order valence-electron chi connectivity index (χ0n) is 26.9. The van der Waals surface area contributed by atoms with Gasteiger partial charge in [0.15, 0.2) is 16.6 Å². The van der Waals surface area contributed by atoms with E-state index >= 15 is 0 Å². The minimum atomic E-state index is -2.00. The van der Waals surface area contributed by atoms with E-state index in [-0.39, 0.29) is 39.2 Å². The molecule has 0 aliphatic heterocycles. The van der Waals surface area contributed by atoms with Gasteiger partial charge in [-0.2, -0.15) is 0 Å². The fourth-order valence-electron chi connectivity index (χ4n) is 7.66. The van der Waals surface area contributed by atoms with Gasteiger partial charge >= 0.3 is 0 Å². The first kappa shape index (κ1) is 30.5. The number of aliphatic hydroxyl groups is 1. The number of allylic oxidation sites excluding steroid dienone is 4. The van der Waals surface area contributed by atoms with Gasteiger partial charge in [0.1, 0.15) is 0 Å². The lowest BCUT2D eigenvalue weighted by atomic mass is 9.49. The van der Waals surface area contributed by atoms with Crippen molar-refractivity contribution < 1.29 is 14.0 Å². The topological polar surface area (TPSA) is 38.7 Å².